The molecule has 0 radical (unpaired) electrons. The monoisotopic (exact) mass is 456 g/mol. The van der Waals surface area contributed by atoms with Gasteiger partial charge in [0.1, 0.15) is 17.4 Å². The second-order valence-corrected chi connectivity index (χ2v) is 7.79. The molecule has 10 heteroatoms. The fraction of sp³-hybridized carbons (Fsp3) is 0.0476. The van der Waals surface area contributed by atoms with Gasteiger partial charge in [-0.3, -0.25) is 0 Å². The van der Waals surface area contributed by atoms with E-state index in [-0.39, 0.29) is 22.3 Å². The maximum absolute atomic E-state index is 13.0. The Kier molecular flexibility index (Phi) is 6.03. The van der Waals surface area contributed by atoms with E-state index in [1.54, 1.807) is 24.3 Å². The van der Waals surface area contributed by atoms with Crippen molar-refractivity contribution < 1.29 is 39.7 Å². The minimum atomic E-state index is -5.75. The zero-order chi connectivity index (χ0) is 22.8. The molecule has 0 aromatic heterocycles. The maximum Gasteiger partial charge on any atom is 0.534 e. The first-order chi connectivity index (χ1) is 14.5. The van der Waals surface area contributed by atoms with Crippen molar-refractivity contribution in [2.45, 2.75) is 5.51 Å². The number of fused-ring (bicyclic) bond motifs is 2. The molecule has 162 valence electrons. The van der Waals surface area contributed by atoms with Gasteiger partial charge < -0.3 is 9.29 Å². The average Bonchev–Trinajstić information content (AvgIpc) is 2.67. The molecule has 0 heterocycles. The van der Waals surface area contributed by atoms with Crippen molar-refractivity contribution in [3.8, 4) is 11.5 Å². The molecule has 0 aliphatic rings. The van der Waals surface area contributed by atoms with E-state index in [4.69, 9.17) is 0 Å². The third-order valence-electron chi connectivity index (χ3n) is 4.10. The summed E-state index contributed by atoms with van der Waals surface area (Å²) >= 11 is 0. The Hall–Kier alpha value is -3.40. The molecule has 4 aromatic rings. The number of benzene rings is 4. The molecule has 0 aliphatic carbocycles. The summed E-state index contributed by atoms with van der Waals surface area (Å²) in [7, 11) is -5.75. The predicted molar refractivity (Wildman–Crippen MR) is 105 cm³/mol. The van der Waals surface area contributed by atoms with Crippen LogP contribution in [0.1, 0.15) is 0 Å². The molecule has 1 N–H and O–H groups in total. The van der Waals surface area contributed by atoms with Crippen LogP contribution in [0.25, 0.3) is 21.5 Å². The van der Waals surface area contributed by atoms with Crippen LogP contribution in [0, 0.1) is 11.6 Å². The van der Waals surface area contributed by atoms with Crippen LogP contribution in [-0.2, 0) is 10.1 Å². The van der Waals surface area contributed by atoms with Crippen LogP contribution in [0.3, 0.4) is 0 Å². The lowest BCUT2D eigenvalue weighted by Gasteiger charge is -2.11. The Bertz CT molecular complexity index is 1350. The van der Waals surface area contributed by atoms with Gasteiger partial charge in [0.25, 0.3) is 0 Å². The third-order valence-corrected chi connectivity index (χ3v) is 5.07. The standard InChI is InChI=1S/C11H6F4O3S.C10H7FO/c12-8-4-5-9-7(6-8)2-1-3-10(9)18-19(16,17)11(13,14)15;11-8-4-5-9-7(6-8)2-1-3-10(9)12/h1-6H;1-6,12H. The molecular formula is C21H13F5O4S. The average molecular weight is 456 g/mol. The van der Waals surface area contributed by atoms with Crippen molar-refractivity contribution >= 4 is 31.7 Å². The summed E-state index contributed by atoms with van der Waals surface area (Å²) in [4.78, 5) is 0. The topological polar surface area (TPSA) is 63.6 Å². The number of rotatable bonds is 2. The van der Waals surface area contributed by atoms with Crippen LogP contribution in [-0.4, -0.2) is 19.0 Å². The summed E-state index contributed by atoms with van der Waals surface area (Å²) in [5.41, 5.74) is -5.52. The van der Waals surface area contributed by atoms with Gasteiger partial charge >= 0.3 is 15.6 Å². The second kappa shape index (κ2) is 8.38. The summed E-state index contributed by atoms with van der Waals surface area (Å²) in [6.45, 7) is 0. The van der Waals surface area contributed by atoms with Gasteiger partial charge in [-0.05, 0) is 59.3 Å². The highest BCUT2D eigenvalue weighted by Gasteiger charge is 2.48. The normalized spacial score (nSPS) is 11.8. The molecule has 31 heavy (non-hydrogen) atoms. The zero-order valence-electron chi connectivity index (χ0n) is 15.4. The number of hydrogen-bond donors (Lipinski definition) is 1. The Labute approximate surface area is 173 Å². The largest absolute Gasteiger partial charge is 0.534 e. The Morgan fingerprint density at radius 3 is 1.84 bits per heavy atom. The number of halogens is 5. The van der Waals surface area contributed by atoms with Gasteiger partial charge in [-0.25, -0.2) is 8.78 Å². The molecule has 4 aromatic carbocycles. The second-order valence-electron chi connectivity index (χ2n) is 6.25. The van der Waals surface area contributed by atoms with E-state index < -0.39 is 27.2 Å². The summed E-state index contributed by atoms with van der Waals surface area (Å²) in [5.74, 6) is -1.20. The van der Waals surface area contributed by atoms with Gasteiger partial charge in [0.2, 0.25) is 0 Å². The predicted octanol–water partition coefficient (Wildman–Crippen LogP) is 5.89. The molecular weight excluding hydrogens is 443 g/mol. The van der Waals surface area contributed by atoms with Crippen LogP contribution in [0.2, 0.25) is 0 Å². The zero-order valence-corrected chi connectivity index (χ0v) is 16.2. The molecule has 0 saturated carbocycles. The first-order valence-corrected chi connectivity index (χ1v) is 9.95. The highest BCUT2D eigenvalue weighted by atomic mass is 32.2. The summed E-state index contributed by atoms with van der Waals surface area (Å²) in [5, 5.41) is 11.0. The van der Waals surface area contributed by atoms with Crippen molar-refractivity contribution in [1.29, 1.82) is 0 Å². The van der Waals surface area contributed by atoms with Gasteiger partial charge in [0.15, 0.2) is 5.75 Å². The molecule has 4 rings (SSSR count). The first-order valence-electron chi connectivity index (χ1n) is 8.54. The van der Waals surface area contributed by atoms with Crippen molar-refractivity contribution in [3.05, 3.63) is 84.4 Å². The van der Waals surface area contributed by atoms with Gasteiger partial charge in [-0.1, -0.05) is 24.3 Å². The molecule has 0 amide bonds. The molecule has 0 fully saturated rings. The quantitative estimate of drug-likeness (QED) is 0.232. The van der Waals surface area contributed by atoms with Crippen LogP contribution >= 0.6 is 0 Å². The molecule has 0 saturated heterocycles. The number of phenols is 1. The lowest BCUT2D eigenvalue weighted by atomic mass is 10.1. The lowest BCUT2D eigenvalue weighted by Crippen LogP contribution is -2.28. The molecule has 0 bridgehead atoms. The SMILES string of the molecule is O=S(=O)(Oc1cccc2cc(F)ccc12)C(F)(F)F.Oc1cccc2cc(F)ccc12. The van der Waals surface area contributed by atoms with Crippen LogP contribution in [0.4, 0.5) is 22.0 Å². The van der Waals surface area contributed by atoms with Crippen molar-refractivity contribution in [3.63, 3.8) is 0 Å². The van der Waals surface area contributed by atoms with Crippen LogP contribution in [0.15, 0.2) is 72.8 Å². The van der Waals surface area contributed by atoms with E-state index in [1.165, 1.54) is 24.3 Å². The van der Waals surface area contributed by atoms with E-state index in [0.29, 0.717) is 5.39 Å². The summed E-state index contributed by atoms with van der Waals surface area (Å²) in [6.07, 6.45) is 0. The molecule has 0 unspecified atom stereocenters. The van der Waals surface area contributed by atoms with Gasteiger partial charge in [0, 0.05) is 10.8 Å². The summed E-state index contributed by atoms with van der Waals surface area (Å²) < 4.78 is 88.1. The number of phenolic OH excluding ortho intramolecular Hbond substituents is 1. The summed E-state index contributed by atoms with van der Waals surface area (Å²) in [6, 6.07) is 16.3. The number of alkyl halides is 3. The van der Waals surface area contributed by atoms with E-state index >= 15 is 0 Å². The van der Waals surface area contributed by atoms with Gasteiger partial charge in [-0.2, -0.15) is 21.6 Å². The minimum absolute atomic E-state index is 0.0664. The highest BCUT2D eigenvalue weighted by Crippen LogP contribution is 2.32. The van der Waals surface area contributed by atoms with Crippen molar-refractivity contribution in [1.82, 2.24) is 0 Å². The highest BCUT2D eigenvalue weighted by molar-refractivity contribution is 7.88. The van der Waals surface area contributed by atoms with Gasteiger partial charge in [0.05, 0.1) is 0 Å². The van der Waals surface area contributed by atoms with E-state index in [0.717, 1.165) is 29.7 Å². The van der Waals surface area contributed by atoms with Crippen LogP contribution in [0.5, 0.6) is 11.5 Å². The Balaban J connectivity index is 0.000000194. The number of aromatic hydroxyl groups is 1. The first kappa shape index (κ1) is 22.3. The molecule has 4 nitrogen and oxygen atoms in total. The fourth-order valence-electron chi connectivity index (χ4n) is 2.70. The van der Waals surface area contributed by atoms with E-state index in [2.05, 4.69) is 4.18 Å². The van der Waals surface area contributed by atoms with Crippen molar-refractivity contribution in [2.24, 2.45) is 0 Å². The van der Waals surface area contributed by atoms with Crippen molar-refractivity contribution in [2.75, 3.05) is 0 Å². The smallest absolute Gasteiger partial charge is 0.507 e. The fourth-order valence-corrected chi connectivity index (χ4v) is 3.18. The van der Waals surface area contributed by atoms with Gasteiger partial charge in [-0.15, -0.1) is 0 Å². The van der Waals surface area contributed by atoms with Crippen LogP contribution < -0.4 is 4.18 Å². The maximum atomic E-state index is 13.0. The van der Waals surface area contributed by atoms with E-state index in [1.807, 2.05) is 0 Å². The third kappa shape index (κ3) is 5.02. The minimum Gasteiger partial charge on any atom is -0.507 e. The van der Waals surface area contributed by atoms with E-state index in [9.17, 15) is 35.5 Å². The Morgan fingerprint density at radius 1 is 0.742 bits per heavy atom. The lowest BCUT2D eigenvalue weighted by molar-refractivity contribution is -0.0499. The number of hydrogen-bond acceptors (Lipinski definition) is 4. The Morgan fingerprint density at radius 2 is 1.26 bits per heavy atom. The molecule has 0 aliphatic heterocycles. The molecule has 0 atom stereocenters. The molecule has 0 spiro atoms.